The maximum absolute atomic E-state index is 11.6. The lowest BCUT2D eigenvalue weighted by molar-refractivity contribution is 0.0696. The highest BCUT2D eigenvalue weighted by molar-refractivity contribution is 8.00. The van der Waals surface area contributed by atoms with Gasteiger partial charge in [0, 0.05) is 10.6 Å². The number of carboxylic acids is 1. The molecular weight excluding hydrogens is 272 g/mol. The molecule has 1 rings (SSSR count). The summed E-state index contributed by atoms with van der Waals surface area (Å²) in [4.78, 5) is 11.5. The Hall–Kier alpha value is -1.01. The number of carboxylic acid groups (broad SMARTS) is 1. The Morgan fingerprint density at radius 2 is 2.06 bits per heavy atom. The van der Waals surface area contributed by atoms with Gasteiger partial charge in [-0.25, -0.2) is 13.2 Å². The largest absolute Gasteiger partial charge is 0.478 e. The zero-order chi connectivity index (χ0) is 13.8. The fraction of sp³-hybridized carbons (Fsp3) is 0.417. The lowest BCUT2D eigenvalue weighted by Crippen LogP contribution is -2.18. The van der Waals surface area contributed by atoms with E-state index in [1.807, 2.05) is 0 Å². The minimum Gasteiger partial charge on any atom is -0.478 e. The second kappa shape index (κ2) is 6.24. The Bertz CT molecular complexity index is 521. The number of hydrogen-bond acceptors (Lipinski definition) is 4. The highest BCUT2D eigenvalue weighted by Crippen LogP contribution is 2.20. The monoisotopic (exact) mass is 288 g/mol. The van der Waals surface area contributed by atoms with Gasteiger partial charge in [-0.2, -0.15) is 0 Å². The van der Waals surface area contributed by atoms with Crippen LogP contribution in [-0.4, -0.2) is 36.2 Å². The minimum absolute atomic E-state index is 0.104. The standard InChI is InChI=1S/C12H16O4S2/c1-9(2)18(15,16)7-6-17-11-5-3-4-10(8-11)12(13)14/h3-5,8-9H,6-7H2,1-2H3,(H,13,14). The average Bonchev–Trinajstić information content (AvgIpc) is 2.29. The summed E-state index contributed by atoms with van der Waals surface area (Å²) in [5, 5.41) is 8.46. The lowest BCUT2D eigenvalue weighted by Gasteiger charge is -2.07. The van der Waals surface area contributed by atoms with Crippen molar-refractivity contribution in [3.8, 4) is 0 Å². The van der Waals surface area contributed by atoms with Crippen LogP contribution >= 0.6 is 11.8 Å². The topological polar surface area (TPSA) is 71.4 Å². The van der Waals surface area contributed by atoms with Crippen LogP contribution in [0.5, 0.6) is 0 Å². The first kappa shape index (κ1) is 15.0. The van der Waals surface area contributed by atoms with Crippen molar-refractivity contribution < 1.29 is 18.3 Å². The van der Waals surface area contributed by atoms with Crippen molar-refractivity contribution in [3.63, 3.8) is 0 Å². The quantitative estimate of drug-likeness (QED) is 0.813. The van der Waals surface area contributed by atoms with E-state index in [0.29, 0.717) is 5.75 Å². The van der Waals surface area contributed by atoms with Gasteiger partial charge in [-0.1, -0.05) is 6.07 Å². The zero-order valence-corrected chi connectivity index (χ0v) is 11.9. The van der Waals surface area contributed by atoms with Crippen LogP contribution in [-0.2, 0) is 9.84 Å². The van der Waals surface area contributed by atoms with Gasteiger partial charge in [0.15, 0.2) is 9.84 Å². The van der Waals surface area contributed by atoms with Crippen molar-refractivity contribution in [3.05, 3.63) is 29.8 Å². The van der Waals surface area contributed by atoms with Crippen LogP contribution < -0.4 is 0 Å². The van der Waals surface area contributed by atoms with Gasteiger partial charge in [0.1, 0.15) is 0 Å². The average molecular weight is 288 g/mol. The van der Waals surface area contributed by atoms with Gasteiger partial charge in [-0.3, -0.25) is 0 Å². The van der Waals surface area contributed by atoms with Gasteiger partial charge in [0.2, 0.25) is 0 Å². The Labute approximate surface area is 111 Å². The first-order valence-electron chi connectivity index (χ1n) is 5.50. The van der Waals surface area contributed by atoms with E-state index in [0.717, 1.165) is 4.90 Å². The van der Waals surface area contributed by atoms with Crippen molar-refractivity contribution >= 4 is 27.6 Å². The smallest absolute Gasteiger partial charge is 0.335 e. The molecule has 0 saturated heterocycles. The number of hydrogen-bond donors (Lipinski definition) is 1. The van der Waals surface area contributed by atoms with E-state index < -0.39 is 15.8 Å². The molecule has 0 amide bonds. The summed E-state index contributed by atoms with van der Waals surface area (Å²) in [6, 6.07) is 6.49. The molecule has 6 heteroatoms. The number of sulfone groups is 1. The van der Waals surface area contributed by atoms with Crippen molar-refractivity contribution in [2.45, 2.75) is 24.0 Å². The van der Waals surface area contributed by atoms with Crippen molar-refractivity contribution in [1.29, 1.82) is 0 Å². The van der Waals surface area contributed by atoms with Crippen molar-refractivity contribution in [2.75, 3.05) is 11.5 Å². The Kier molecular flexibility index (Phi) is 5.22. The summed E-state index contributed by atoms with van der Waals surface area (Å²) in [6.07, 6.45) is 0. The normalized spacial score (nSPS) is 11.7. The third-order valence-corrected chi connectivity index (χ3v) is 5.90. The molecule has 0 fully saturated rings. The molecule has 100 valence electrons. The van der Waals surface area contributed by atoms with Gasteiger partial charge in [0.05, 0.1) is 16.6 Å². The molecule has 0 heterocycles. The molecule has 1 aromatic rings. The molecule has 0 aliphatic carbocycles. The van der Waals surface area contributed by atoms with E-state index in [2.05, 4.69) is 0 Å². The van der Waals surface area contributed by atoms with E-state index in [1.54, 1.807) is 32.0 Å². The maximum atomic E-state index is 11.6. The third-order valence-electron chi connectivity index (χ3n) is 2.44. The maximum Gasteiger partial charge on any atom is 0.335 e. The molecule has 1 N–H and O–H groups in total. The van der Waals surface area contributed by atoms with E-state index >= 15 is 0 Å². The molecule has 0 aliphatic rings. The molecule has 0 atom stereocenters. The van der Waals surface area contributed by atoms with E-state index in [4.69, 9.17) is 5.11 Å². The summed E-state index contributed by atoms with van der Waals surface area (Å²) in [6.45, 7) is 3.32. The summed E-state index contributed by atoms with van der Waals surface area (Å²) in [5.74, 6) is -0.441. The molecular formula is C12H16O4S2. The first-order valence-corrected chi connectivity index (χ1v) is 8.21. The molecule has 0 unspecified atom stereocenters. The number of aromatic carboxylic acids is 1. The van der Waals surface area contributed by atoms with Crippen LogP contribution in [0.3, 0.4) is 0 Å². The van der Waals surface area contributed by atoms with E-state index in [1.165, 1.54) is 17.8 Å². The number of thioether (sulfide) groups is 1. The van der Waals surface area contributed by atoms with E-state index in [9.17, 15) is 13.2 Å². The molecule has 1 aromatic carbocycles. The summed E-state index contributed by atoms with van der Waals surface area (Å²) in [5.41, 5.74) is 0.215. The van der Waals surface area contributed by atoms with Crippen LogP contribution in [0.1, 0.15) is 24.2 Å². The SMILES string of the molecule is CC(C)S(=O)(=O)CCSc1cccc(C(=O)O)c1. The Balaban J connectivity index is 2.60. The minimum atomic E-state index is -3.03. The van der Waals surface area contributed by atoms with Crippen LogP contribution in [0.15, 0.2) is 29.2 Å². The zero-order valence-electron chi connectivity index (χ0n) is 10.3. The molecule has 0 aromatic heterocycles. The van der Waals surface area contributed by atoms with Crippen molar-refractivity contribution in [2.24, 2.45) is 0 Å². The molecule has 4 nitrogen and oxygen atoms in total. The Morgan fingerprint density at radius 3 is 2.61 bits per heavy atom. The lowest BCUT2D eigenvalue weighted by atomic mass is 10.2. The Morgan fingerprint density at radius 1 is 1.39 bits per heavy atom. The molecule has 0 bridgehead atoms. The molecule has 18 heavy (non-hydrogen) atoms. The van der Waals surface area contributed by atoms with Gasteiger partial charge < -0.3 is 5.11 Å². The highest BCUT2D eigenvalue weighted by Gasteiger charge is 2.15. The van der Waals surface area contributed by atoms with Crippen LogP contribution in [0.25, 0.3) is 0 Å². The number of benzene rings is 1. The summed E-state index contributed by atoms with van der Waals surface area (Å²) >= 11 is 1.35. The molecule has 0 spiro atoms. The van der Waals surface area contributed by atoms with Crippen LogP contribution in [0, 0.1) is 0 Å². The van der Waals surface area contributed by atoms with Gasteiger partial charge >= 0.3 is 5.97 Å². The predicted molar refractivity (Wildman–Crippen MR) is 73.0 cm³/mol. The second-order valence-electron chi connectivity index (χ2n) is 4.10. The third kappa shape index (κ3) is 4.34. The van der Waals surface area contributed by atoms with Crippen LogP contribution in [0.4, 0.5) is 0 Å². The first-order chi connectivity index (χ1) is 8.33. The fourth-order valence-electron chi connectivity index (χ4n) is 1.23. The second-order valence-corrected chi connectivity index (χ2v) is 7.94. The molecule has 0 saturated carbocycles. The van der Waals surface area contributed by atoms with Gasteiger partial charge in [-0.05, 0) is 32.0 Å². The van der Waals surface area contributed by atoms with Gasteiger partial charge in [0.25, 0.3) is 0 Å². The molecule has 0 radical (unpaired) electrons. The van der Waals surface area contributed by atoms with Gasteiger partial charge in [-0.15, -0.1) is 11.8 Å². The summed E-state index contributed by atoms with van der Waals surface area (Å²) < 4.78 is 23.2. The predicted octanol–water partition coefficient (Wildman–Crippen LogP) is 2.30. The van der Waals surface area contributed by atoms with Crippen LogP contribution in [0.2, 0.25) is 0 Å². The fourth-order valence-corrected chi connectivity index (χ4v) is 3.59. The number of rotatable bonds is 6. The highest BCUT2D eigenvalue weighted by atomic mass is 32.2. The molecule has 0 aliphatic heterocycles. The number of carbonyl (C=O) groups is 1. The van der Waals surface area contributed by atoms with Crippen molar-refractivity contribution in [1.82, 2.24) is 0 Å². The summed E-state index contributed by atoms with van der Waals surface area (Å²) in [7, 11) is -3.03. The van der Waals surface area contributed by atoms with E-state index in [-0.39, 0.29) is 16.6 Å².